The number of esters is 1. The van der Waals surface area contributed by atoms with Crippen molar-refractivity contribution in [2.75, 3.05) is 25.1 Å². The molecule has 0 spiro atoms. The molecule has 0 atom stereocenters. The lowest BCUT2D eigenvalue weighted by Crippen LogP contribution is -2.34. The predicted molar refractivity (Wildman–Crippen MR) is 104 cm³/mol. The Morgan fingerprint density at radius 3 is 2.36 bits per heavy atom. The summed E-state index contributed by atoms with van der Waals surface area (Å²) in [6.45, 7) is 6.47. The van der Waals surface area contributed by atoms with E-state index in [2.05, 4.69) is 34.8 Å². The number of benzene rings is 1. The van der Waals surface area contributed by atoms with Gasteiger partial charge in [-0.3, -0.25) is 0 Å². The third-order valence-corrected chi connectivity index (χ3v) is 5.04. The molecule has 0 fully saturated rings. The van der Waals surface area contributed by atoms with Gasteiger partial charge in [-0.15, -0.1) is 0 Å². The molecule has 132 valence electrons. The average Bonchev–Trinajstić information content (AvgIpc) is 2.61. The van der Waals surface area contributed by atoms with Gasteiger partial charge in [-0.2, -0.15) is 0 Å². The number of nitrogens with zero attached hydrogens (tertiary/aromatic N) is 1. The molecule has 3 heteroatoms. The largest absolute Gasteiger partial charge is 0.466 e. The maximum atomic E-state index is 11.2. The molecule has 0 unspecified atom stereocenters. The molecule has 3 rings (SSSR count). The van der Waals surface area contributed by atoms with E-state index in [0.29, 0.717) is 0 Å². The standard InChI is InChI=1S/C22H27NO2/c1-16(13-21(24)25-3)7-4-8-17(2)20-14-18-9-5-11-23-12-6-10-19(15-20)22(18)23/h4,7-8,13-15H,5-6,9-12H2,1-3H3/b7-4+,16-13+,17-8+. The van der Waals surface area contributed by atoms with Crippen molar-refractivity contribution in [3.63, 3.8) is 0 Å². The fraction of sp³-hybridized carbons (Fsp3) is 0.409. The van der Waals surface area contributed by atoms with Crippen LogP contribution < -0.4 is 4.90 Å². The fourth-order valence-electron chi connectivity index (χ4n) is 3.76. The summed E-state index contributed by atoms with van der Waals surface area (Å²) in [4.78, 5) is 13.8. The number of allylic oxidation sites excluding steroid dienone is 5. The van der Waals surface area contributed by atoms with Gasteiger partial charge < -0.3 is 9.64 Å². The highest BCUT2D eigenvalue weighted by Crippen LogP contribution is 2.37. The van der Waals surface area contributed by atoms with Crippen molar-refractivity contribution in [2.24, 2.45) is 0 Å². The van der Waals surface area contributed by atoms with Crippen LogP contribution in [0.2, 0.25) is 0 Å². The average molecular weight is 337 g/mol. The summed E-state index contributed by atoms with van der Waals surface area (Å²) >= 11 is 0. The molecule has 1 aromatic carbocycles. The highest BCUT2D eigenvalue weighted by Gasteiger charge is 2.24. The van der Waals surface area contributed by atoms with Crippen molar-refractivity contribution >= 4 is 17.2 Å². The Hall–Kier alpha value is -2.29. The van der Waals surface area contributed by atoms with Gasteiger partial charge in [-0.1, -0.05) is 18.2 Å². The predicted octanol–water partition coefficient (Wildman–Crippen LogP) is 4.46. The van der Waals surface area contributed by atoms with Gasteiger partial charge >= 0.3 is 5.97 Å². The van der Waals surface area contributed by atoms with Crippen molar-refractivity contribution in [1.29, 1.82) is 0 Å². The summed E-state index contributed by atoms with van der Waals surface area (Å²) in [6, 6.07) is 4.74. The summed E-state index contributed by atoms with van der Waals surface area (Å²) in [5.41, 5.74) is 7.99. The van der Waals surface area contributed by atoms with Gasteiger partial charge in [0, 0.05) is 24.9 Å². The monoisotopic (exact) mass is 337 g/mol. The van der Waals surface area contributed by atoms with Crippen molar-refractivity contribution < 1.29 is 9.53 Å². The smallest absolute Gasteiger partial charge is 0.330 e. The summed E-state index contributed by atoms with van der Waals surface area (Å²) in [5.74, 6) is -0.318. The quantitative estimate of drug-likeness (QED) is 0.461. The van der Waals surface area contributed by atoms with Crippen LogP contribution in [0, 0.1) is 0 Å². The normalized spacial score (nSPS) is 17.6. The highest BCUT2D eigenvalue weighted by molar-refractivity contribution is 5.83. The van der Waals surface area contributed by atoms with Crippen LogP contribution in [-0.2, 0) is 22.4 Å². The van der Waals surface area contributed by atoms with Crippen LogP contribution in [0.1, 0.15) is 43.4 Å². The van der Waals surface area contributed by atoms with E-state index in [4.69, 9.17) is 0 Å². The number of hydrogen-bond donors (Lipinski definition) is 0. The molecule has 0 amide bonds. The van der Waals surface area contributed by atoms with Crippen LogP contribution in [0.25, 0.3) is 5.57 Å². The maximum absolute atomic E-state index is 11.2. The number of methoxy groups -OCH3 is 1. The second kappa shape index (κ2) is 7.73. The zero-order valence-corrected chi connectivity index (χ0v) is 15.5. The topological polar surface area (TPSA) is 29.5 Å². The highest BCUT2D eigenvalue weighted by atomic mass is 16.5. The minimum atomic E-state index is -0.318. The lowest BCUT2D eigenvalue weighted by atomic mass is 9.88. The first-order valence-electron chi connectivity index (χ1n) is 9.11. The number of anilines is 1. The van der Waals surface area contributed by atoms with E-state index in [1.807, 2.05) is 19.1 Å². The molecule has 2 heterocycles. The number of carbonyl (C=O) groups is 1. The minimum Gasteiger partial charge on any atom is -0.466 e. The van der Waals surface area contributed by atoms with E-state index in [-0.39, 0.29) is 5.97 Å². The second-order valence-electron chi connectivity index (χ2n) is 6.96. The van der Waals surface area contributed by atoms with Gasteiger partial charge in [0.15, 0.2) is 0 Å². The molecule has 2 aliphatic rings. The fourth-order valence-corrected chi connectivity index (χ4v) is 3.76. The molecule has 0 bridgehead atoms. The summed E-state index contributed by atoms with van der Waals surface area (Å²) in [6.07, 6.45) is 12.5. The molecule has 0 saturated heterocycles. The minimum absolute atomic E-state index is 0.318. The molecular weight excluding hydrogens is 310 g/mol. The third-order valence-electron chi connectivity index (χ3n) is 5.04. The first kappa shape index (κ1) is 17.5. The van der Waals surface area contributed by atoms with Crippen molar-refractivity contribution in [3.8, 4) is 0 Å². The van der Waals surface area contributed by atoms with E-state index >= 15 is 0 Å². The Kier molecular flexibility index (Phi) is 5.42. The number of aryl methyl sites for hydroxylation is 2. The van der Waals surface area contributed by atoms with Crippen LogP contribution in [0.4, 0.5) is 5.69 Å². The molecule has 25 heavy (non-hydrogen) atoms. The lowest BCUT2D eigenvalue weighted by molar-refractivity contribution is -0.134. The van der Waals surface area contributed by atoms with Crippen molar-refractivity contribution in [2.45, 2.75) is 39.5 Å². The molecular formula is C22H27NO2. The van der Waals surface area contributed by atoms with Crippen LogP contribution in [0.3, 0.4) is 0 Å². The Labute approximate surface area is 150 Å². The zero-order chi connectivity index (χ0) is 17.8. The molecule has 0 aliphatic carbocycles. The number of rotatable bonds is 4. The Balaban J connectivity index is 1.82. The SMILES string of the molecule is COC(=O)/C=C(C)/C=C/C=C(\C)c1cc2c3c(c1)CCCN3CCC2. The van der Waals surface area contributed by atoms with Crippen molar-refractivity contribution in [3.05, 3.63) is 58.7 Å². The van der Waals surface area contributed by atoms with Gasteiger partial charge in [0.1, 0.15) is 0 Å². The molecule has 0 N–H and O–H groups in total. The van der Waals surface area contributed by atoms with E-state index in [9.17, 15) is 4.79 Å². The van der Waals surface area contributed by atoms with Crippen LogP contribution in [-0.4, -0.2) is 26.2 Å². The van der Waals surface area contributed by atoms with Crippen LogP contribution in [0.15, 0.2) is 42.0 Å². The van der Waals surface area contributed by atoms with Gasteiger partial charge in [0.05, 0.1) is 7.11 Å². The van der Waals surface area contributed by atoms with Crippen LogP contribution >= 0.6 is 0 Å². The van der Waals surface area contributed by atoms with Gasteiger partial charge in [-0.05, 0) is 79.5 Å². The Morgan fingerprint density at radius 2 is 1.76 bits per heavy atom. The summed E-state index contributed by atoms with van der Waals surface area (Å²) in [5, 5.41) is 0. The molecule has 1 aromatic rings. The van der Waals surface area contributed by atoms with Crippen LogP contribution in [0.5, 0.6) is 0 Å². The maximum Gasteiger partial charge on any atom is 0.330 e. The van der Waals surface area contributed by atoms with E-state index in [1.54, 1.807) is 0 Å². The number of carbonyl (C=O) groups excluding carboxylic acids is 1. The van der Waals surface area contributed by atoms with Gasteiger partial charge in [0.2, 0.25) is 0 Å². The Morgan fingerprint density at radius 1 is 1.12 bits per heavy atom. The molecule has 0 aromatic heterocycles. The van der Waals surface area contributed by atoms with E-state index in [1.165, 1.54) is 79.9 Å². The zero-order valence-electron chi connectivity index (χ0n) is 15.5. The first-order chi connectivity index (χ1) is 12.1. The third kappa shape index (κ3) is 4.04. The van der Waals surface area contributed by atoms with Gasteiger partial charge in [-0.25, -0.2) is 4.79 Å². The molecule has 3 nitrogen and oxygen atoms in total. The lowest BCUT2D eigenvalue weighted by Gasteiger charge is -2.37. The van der Waals surface area contributed by atoms with Gasteiger partial charge in [0.25, 0.3) is 0 Å². The number of hydrogen-bond acceptors (Lipinski definition) is 3. The molecule has 2 aliphatic heterocycles. The Bertz CT molecular complexity index is 724. The second-order valence-corrected chi connectivity index (χ2v) is 6.96. The van der Waals surface area contributed by atoms with E-state index < -0.39 is 0 Å². The van der Waals surface area contributed by atoms with Crippen molar-refractivity contribution in [1.82, 2.24) is 0 Å². The van der Waals surface area contributed by atoms with E-state index in [0.717, 1.165) is 5.57 Å². The molecule has 0 saturated carbocycles. The summed E-state index contributed by atoms with van der Waals surface area (Å²) in [7, 11) is 1.39. The first-order valence-corrected chi connectivity index (χ1v) is 9.11. The molecule has 0 radical (unpaired) electrons. The number of ether oxygens (including phenoxy) is 1. The summed E-state index contributed by atoms with van der Waals surface area (Å²) < 4.78 is 4.64.